The Morgan fingerprint density at radius 1 is 1.42 bits per heavy atom. The lowest BCUT2D eigenvalue weighted by Crippen LogP contribution is -2.11. The standard InChI is InChI=1S/C13H15BrF2O3/c1-3-18-12(17)6-9-5-10(19-13(15)16)4-8(2)11(9)7-14/h4-5,13H,3,6-7H2,1-2H3. The minimum atomic E-state index is -2.88. The normalized spacial score (nSPS) is 10.6. The number of rotatable bonds is 6. The second kappa shape index (κ2) is 7.43. The second-order valence-corrected chi connectivity index (χ2v) is 4.43. The Hall–Kier alpha value is -1.17. The molecule has 0 saturated heterocycles. The molecule has 0 N–H and O–H groups in total. The highest BCUT2D eigenvalue weighted by atomic mass is 79.9. The third-order valence-electron chi connectivity index (χ3n) is 2.54. The minimum Gasteiger partial charge on any atom is -0.466 e. The van der Waals surface area contributed by atoms with E-state index in [1.807, 2.05) is 0 Å². The highest BCUT2D eigenvalue weighted by Gasteiger charge is 2.14. The van der Waals surface area contributed by atoms with Crippen LogP contribution >= 0.6 is 15.9 Å². The van der Waals surface area contributed by atoms with Gasteiger partial charge in [0.15, 0.2) is 0 Å². The van der Waals surface area contributed by atoms with E-state index in [0.717, 1.165) is 11.1 Å². The Morgan fingerprint density at radius 2 is 2.11 bits per heavy atom. The summed E-state index contributed by atoms with van der Waals surface area (Å²) in [6.07, 6.45) is 0.0377. The summed E-state index contributed by atoms with van der Waals surface area (Å²) in [5.41, 5.74) is 2.30. The van der Waals surface area contributed by atoms with Crippen molar-refractivity contribution in [2.75, 3.05) is 6.61 Å². The van der Waals surface area contributed by atoms with Crippen molar-refractivity contribution in [3.05, 3.63) is 28.8 Å². The molecule has 1 aromatic rings. The predicted octanol–water partition coefficient (Wildman–Crippen LogP) is 3.60. The molecule has 0 aliphatic rings. The number of alkyl halides is 3. The Labute approximate surface area is 119 Å². The summed E-state index contributed by atoms with van der Waals surface area (Å²) in [6.45, 7) is 0.896. The lowest BCUT2D eigenvalue weighted by molar-refractivity contribution is -0.142. The zero-order chi connectivity index (χ0) is 14.4. The largest absolute Gasteiger partial charge is 0.466 e. The summed E-state index contributed by atoms with van der Waals surface area (Å²) < 4.78 is 33.7. The number of aryl methyl sites for hydroxylation is 1. The van der Waals surface area contributed by atoms with Crippen LogP contribution in [-0.2, 0) is 21.3 Å². The summed E-state index contributed by atoms with van der Waals surface area (Å²) in [4.78, 5) is 11.5. The molecular formula is C13H15BrF2O3. The van der Waals surface area contributed by atoms with Gasteiger partial charge in [-0.2, -0.15) is 8.78 Å². The molecule has 1 rings (SSSR count). The van der Waals surface area contributed by atoms with E-state index in [9.17, 15) is 13.6 Å². The van der Waals surface area contributed by atoms with Crippen LogP contribution in [0, 0.1) is 6.92 Å². The molecular weight excluding hydrogens is 322 g/mol. The first-order valence-corrected chi connectivity index (χ1v) is 6.88. The van der Waals surface area contributed by atoms with Gasteiger partial charge in [-0.25, -0.2) is 0 Å². The number of ether oxygens (including phenoxy) is 2. The van der Waals surface area contributed by atoms with Gasteiger partial charge in [-0.1, -0.05) is 15.9 Å². The molecule has 0 fully saturated rings. The molecule has 0 spiro atoms. The van der Waals surface area contributed by atoms with Crippen molar-refractivity contribution < 1.29 is 23.0 Å². The van der Waals surface area contributed by atoms with Crippen LogP contribution < -0.4 is 4.74 Å². The topological polar surface area (TPSA) is 35.5 Å². The molecule has 19 heavy (non-hydrogen) atoms. The van der Waals surface area contributed by atoms with Crippen molar-refractivity contribution in [3.8, 4) is 5.75 Å². The van der Waals surface area contributed by atoms with E-state index in [4.69, 9.17) is 4.74 Å². The molecule has 106 valence electrons. The molecule has 0 radical (unpaired) electrons. The van der Waals surface area contributed by atoms with Crippen molar-refractivity contribution in [1.29, 1.82) is 0 Å². The van der Waals surface area contributed by atoms with Crippen molar-refractivity contribution in [2.45, 2.75) is 32.2 Å². The van der Waals surface area contributed by atoms with Crippen LogP contribution in [-0.4, -0.2) is 19.2 Å². The smallest absolute Gasteiger partial charge is 0.387 e. The third kappa shape index (κ3) is 4.78. The number of hydrogen-bond acceptors (Lipinski definition) is 3. The van der Waals surface area contributed by atoms with Gasteiger partial charge in [0.25, 0.3) is 0 Å². The number of esters is 1. The van der Waals surface area contributed by atoms with E-state index in [2.05, 4.69) is 20.7 Å². The Kier molecular flexibility index (Phi) is 6.21. The van der Waals surface area contributed by atoms with E-state index in [-0.39, 0.29) is 18.8 Å². The van der Waals surface area contributed by atoms with Gasteiger partial charge in [0.1, 0.15) is 5.75 Å². The first-order chi connectivity index (χ1) is 8.97. The van der Waals surface area contributed by atoms with Crippen LogP contribution in [0.5, 0.6) is 5.75 Å². The molecule has 0 saturated carbocycles. The molecule has 0 aliphatic heterocycles. The van der Waals surface area contributed by atoms with Gasteiger partial charge in [-0.15, -0.1) is 0 Å². The van der Waals surface area contributed by atoms with Gasteiger partial charge in [-0.05, 0) is 42.7 Å². The lowest BCUT2D eigenvalue weighted by atomic mass is 10.0. The van der Waals surface area contributed by atoms with Crippen molar-refractivity contribution in [2.24, 2.45) is 0 Å². The van der Waals surface area contributed by atoms with E-state index in [1.165, 1.54) is 12.1 Å². The second-order valence-electron chi connectivity index (χ2n) is 3.87. The third-order valence-corrected chi connectivity index (χ3v) is 3.10. The monoisotopic (exact) mass is 336 g/mol. The molecule has 0 aliphatic carbocycles. The first-order valence-electron chi connectivity index (χ1n) is 5.76. The predicted molar refractivity (Wildman–Crippen MR) is 70.8 cm³/mol. The van der Waals surface area contributed by atoms with E-state index < -0.39 is 12.6 Å². The van der Waals surface area contributed by atoms with Crippen molar-refractivity contribution >= 4 is 21.9 Å². The molecule has 6 heteroatoms. The average molecular weight is 337 g/mol. The van der Waals surface area contributed by atoms with Gasteiger partial charge in [0, 0.05) is 5.33 Å². The fraction of sp³-hybridized carbons (Fsp3) is 0.462. The molecule has 0 bridgehead atoms. The maximum absolute atomic E-state index is 12.2. The molecule has 0 aromatic heterocycles. The van der Waals surface area contributed by atoms with Crippen LogP contribution in [0.1, 0.15) is 23.6 Å². The highest BCUT2D eigenvalue weighted by molar-refractivity contribution is 9.08. The molecule has 1 aromatic carbocycles. The van der Waals surface area contributed by atoms with Crippen LogP contribution in [0.2, 0.25) is 0 Å². The van der Waals surface area contributed by atoms with Crippen molar-refractivity contribution in [1.82, 2.24) is 0 Å². The molecule has 0 heterocycles. The summed E-state index contributed by atoms with van der Waals surface area (Å²) in [5, 5.41) is 0.530. The zero-order valence-electron chi connectivity index (χ0n) is 10.7. The molecule has 0 amide bonds. The number of benzene rings is 1. The first kappa shape index (κ1) is 15.9. The lowest BCUT2D eigenvalue weighted by Gasteiger charge is -2.13. The van der Waals surface area contributed by atoms with Crippen LogP contribution in [0.25, 0.3) is 0 Å². The average Bonchev–Trinajstić information content (AvgIpc) is 2.27. The number of carbonyl (C=O) groups is 1. The summed E-state index contributed by atoms with van der Waals surface area (Å²) >= 11 is 3.32. The fourth-order valence-corrected chi connectivity index (χ4v) is 2.54. The number of hydrogen-bond donors (Lipinski definition) is 0. The van der Waals surface area contributed by atoms with E-state index in [1.54, 1.807) is 13.8 Å². The number of carbonyl (C=O) groups excluding carboxylic acids is 1. The van der Waals surface area contributed by atoms with Crippen molar-refractivity contribution in [3.63, 3.8) is 0 Å². The minimum absolute atomic E-state index is 0.0377. The molecule has 0 unspecified atom stereocenters. The quantitative estimate of drug-likeness (QED) is 0.588. The van der Waals surface area contributed by atoms with Gasteiger partial charge >= 0.3 is 12.6 Å². The Balaban J connectivity index is 3.04. The van der Waals surface area contributed by atoms with Gasteiger partial charge in [0.05, 0.1) is 13.0 Å². The Bertz CT molecular complexity index is 450. The van der Waals surface area contributed by atoms with E-state index >= 15 is 0 Å². The zero-order valence-corrected chi connectivity index (χ0v) is 12.3. The van der Waals surface area contributed by atoms with Crippen LogP contribution in [0.4, 0.5) is 8.78 Å². The summed E-state index contributed by atoms with van der Waals surface area (Å²) in [5.74, 6) is -0.338. The Morgan fingerprint density at radius 3 is 2.63 bits per heavy atom. The number of halogens is 3. The molecule has 3 nitrogen and oxygen atoms in total. The molecule has 0 atom stereocenters. The maximum atomic E-state index is 12.2. The van der Waals surface area contributed by atoms with Gasteiger partial charge in [-0.3, -0.25) is 4.79 Å². The van der Waals surface area contributed by atoms with Gasteiger partial charge < -0.3 is 9.47 Å². The maximum Gasteiger partial charge on any atom is 0.387 e. The summed E-state index contributed by atoms with van der Waals surface area (Å²) in [7, 11) is 0. The van der Waals surface area contributed by atoms with Gasteiger partial charge in [0.2, 0.25) is 0 Å². The van der Waals surface area contributed by atoms with E-state index in [0.29, 0.717) is 10.9 Å². The van der Waals surface area contributed by atoms with Crippen LogP contribution in [0.15, 0.2) is 12.1 Å². The highest BCUT2D eigenvalue weighted by Crippen LogP contribution is 2.26. The summed E-state index contributed by atoms with van der Waals surface area (Å²) in [6, 6.07) is 2.98. The SMILES string of the molecule is CCOC(=O)Cc1cc(OC(F)F)cc(C)c1CBr. The van der Waals surface area contributed by atoms with Crippen LogP contribution in [0.3, 0.4) is 0 Å². The fourth-order valence-electron chi connectivity index (χ4n) is 1.74.